The van der Waals surface area contributed by atoms with E-state index >= 15 is 0 Å². The lowest BCUT2D eigenvalue weighted by Crippen LogP contribution is -2.57. The maximum Gasteiger partial charge on any atom is 0.144 e. The minimum Gasteiger partial charge on any atom is -0.489 e. The van der Waals surface area contributed by atoms with Crippen LogP contribution in [-0.4, -0.2) is 37.3 Å². The zero-order chi connectivity index (χ0) is 18.4. The number of fused-ring (bicyclic) bond motifs is 1. The average molecular weight is 386 g/mol. The van der Waals surface area contributed by atoms with Gasteiger partial charge < -0.3 is 20.1 Å². The molecule has 2 aromatic rings. The van der Waals surface area contributed by atoms with Gasteiger partial charge in [0.25, 0.3) is 0 Å². The van der Waals surface area contributed by atoms with Crippen LogP contribution in [0.1, 0.15) is 43.2 Å². The number of hydrogen-bond acceptors (Lipinski definition) is 6. The molecule has 1 atom stereocenters. The van der Waals surface area contributed by atoms with Gasteiger partial charge >= 0.3 is 0 Å². The minimum atomic E-state index is -0.261. The second-order valence-electron chi connectivity index (χ2n) is 8.06. The number of anilines is 1. The highest BCUT2D eigenvalue weighted by molar-refractivity contribution is 7.10. The van der Waals surface area contributed by atoms with Crippen LogP contribution >= 0.6 is 11.3 Å². The largest absolute Gasteiger partial charge is 0.489 e. The van der Waals surface area contributed by atoms with Gasteiger partial charge in [0, 0.05) is 48.4 Å². The van der Waals surface area contributed by atoms with E-state index in [1.54, 1.807) is 18.4 Å². The zero-order valence-corrected chi connectivity index (χ0v) is 16.8. The predicted octanol–water partition coefficient (Wildman–Crippen LogP) is 3.93. The summed E-state index contributed by atoms with van der Waals surface area (Å²) < 4.78 is 12.3. The first kappa shape index (κ1) is 17.5. The molecule has 2 N–H and O–H groups in total. The molecule has 1 aliphatic carbocycles. The van der Waals surface area contributed by atoms with Gasteiger partial charge in [-0.25, -0.2) is 4.98 Å². The van der Waals surface area contributed by atoms with Gasteiger partial charge in [-0.15, -0.1) is 11.3 Å². The van der Waals surface area contributed by atoms with Gasteiger partial charge in [0.05, 0.1) is 11.8 Å². The van der Waals surface area contributed by atoms with E-state index in [4.69, 9.17) is 14.5 Å². The molecule has 1 saturated heterocycles. The van der Waals surface area contributed by atoms with E-state index < -0.39 is 0 Å². The quantitative estimate of drug-likeness (QED) is 0.817. The first-order chi connectivity index (χ1) is 13.2. The number of ether oxygens (including phenoxy) is 2. The van der Waals surface area contributed by atoms with Gasteiger partial charge in [0.1, 0.15) is 16.4 Å². The number of methoxy groups -OCH3 is 1. The maximum absolute atomic E-state index is 6.51. The van der Waals surface area contributed by atoms with Crippen LogP contribution < -0.4 is 15.4 Å². The van der Waals surface area contributed by atoms with Crippen molar-refractivity contribution < 1.29 is 9.47 Å². The summed E-state index contributed by atoms with van der Waals surface area (Å²) in [7, 11) is 1.78. The maximum atomic E-state index is 6.51. The molecule has 0 bridgehead atoms. The van der Waals surface area contributed by atoms with Crippen molar-refractivity contribution in [1.29, 1.82) is 0 Å². The lowest BCUT2D eigenvalue weighted by molar-refractivity contribution is -0.0565. The molecule has 0 spiro atoms. The molecular formula is C21H27N3O2S. The van der Waals surface area contributed by atoms with E-state index in [1.807, 2.05) is 0 Å². The Morgan fingerprint density at radius 1 is 1.22 bits per heavy atom. The Morgan fingerprint density at radius 2 is 2.07 bits per heavy atom. The zero-order valence-electron chi connectivity index (χ0n) is 16.0. The summed E-state index contributed by atoms with van der Waals surface area (Å²) >= 11 is 1.69. The second kappa shape index (κ2) is 6.76. The lowest BCUT2D eigenvalue weighted by atomic mass is 9.93. The highest BCUT2D eigenvalue weighted by atomic mass is 32.1. The van der Waals surface area contributed by atoms with Crippen LogP contribution in [0, 0.1) is 0 Å². The molecule has 5 rings (SSSR count). The molecule has 0 unspecified atom stereocenters. The van der Waals surface area contributed by atoms with Gasteiger partial charge in [-0.2, -0.15) is 0 Å². The van der Waals surface area contributed by atoms with Gasteiger partial charge in [-0.1, -0.05) is 0 Å². The Balaban J connectivity index is 1.54. The molecule has 1 aromatic carbocycles. The summed E-state index contributed by atoms with van der Waals surface area (Å²) in [6.45, 7) is 3.90. The van der Waals surface area contributed by atoms with Crippen molar-refractivity contribution in [3.8, 4) is 17.0 Å². The second-order valence-corrected chi connectivity index (χ2v) is 8.92. The van der Waals surface area contributed by atoms with Gasteiger partial charge in [0.15, 0.2) is 0 Å². The van der Waals surface area contributed by atoms with Crippen LogP contribution in [0.3, 0.4) is 0 Å². The van der Waals surface area contributed by atoms with Gasteiger partial charge in [-0.05, 0) is 51.2 Å². The summed E-state index contributed by atoms with van der Waals surface area (Å²) in [5.41, 5.74) is 4.41. The summed E-state index contributed by atoms with van der Waals surface area (Å²) in [6.07, 6.45) is 6.14. The number of hydrogen-bond donors (Lipinski definition) is 2. The fourth-order valence-electron chi connectivity index (χ4n) is 4.04. The van der Waals surface area contributed by atoms with E-state index in [2.05, 4.69) is 35.1 Å². The smallest absolute Gasteiger partial charge is 0.144 e. The standard InChI is InChI=1S/C21H27N3O2S/c1-13-6-7-15-17(23-13)9-8-16(19(15)26-14-4-3-5-14)18-10-27-20(24-18)21(25-2)11-22-12-21/h8-10,13-14,22-23H,3-7,11-12H2,1-2H3/t13-/m0/s1. The van der Waals surface area contributed by atoms with Crippen molar-refractivity contribution in [2.75, 3.05) is 25.5 Å². The molecular weight excluding hydrogens is 358 g/mol. The highest BCUT2D eigenvalue weighted by Crippen LogP contribution is 2.44. The summed E-state index contributed by atoms with van der Waals surface area (Å²) in [4.78, 5) is 4.97. The van der Waals surface area contributed by atoms with E-state index in [9.17, 15) is 0 Å². The van der Waals surface area contributed by atoms with Crippen LogP contribution in [0.25, 0.3) is 11.3 Å². The van der Waals surface area contributed by atoms with E-state index in [1.165, 1.54) is 17.7 Å². The first-order valence-electron chi connectivity index (χ1n) is 10.00. The molecule has 2 fully saturated rings. The third-order valence-electron chi connectivity index (χ3n) is 6.21. The Hall–Kier alpha value is -1.63. The van der Waals surface area contributed by atoms with Crippen molar-refractivity contribution in [3.63, 3.8) is 0 Å². The van der Waals surface area contributed by atoms with Crippen molar-refractivity contribution in [1.82, 2.24) is 10.3 Å². The number of aromatic nitrogens is 1. The third-order valence-corrected chi connectivity index (χ3v) is 7.24. The monoisotopic (exact) mass is 385 g/mol. The topological polar surface area (TPSA) is 55.4 Å². The van der Waals surface area contributed by atoms with Crippen LogP contribution in [-0.2, 0) is 16.8 Å². The molecule has 1 aromatic heterocycles. The fraction of sp³-hybridized carbons (Fsp3) is 0.571. The summed E-state index contributed by atoms with van der Waals surface area (Å²) in [6, 6.07) is 4.89. The van der Waals surface area contributed by atoms with Crippen molar-refractivity contribution in [2.45, 2.75) is 56.8 Å². The van der Waals surface area contributed by atoms with Crippen LogP contribution in [0.5, 0.6) is 5.75 Å². The van der Waals surface area contributed by atoms with Crippen LogP contribution in [0.2, 0.25) is 0 Å². The fourth-order valence-corrected chi connectivity index (χ4v) is 5.04. The van der Waals surface area contributed by atoms with Crippen LogP contribution in [0.15, 0.2) is 17.5 Å². The number of benzene rings is 1. The molecule has 3 aliphatic rings. The molecule has 5 nitrogen and oxygen atoms in total. The van der Waals surface area contributed by atoms with Gasteiger partial charge in [0.2, 0.25) is 0 Å². The number of thiazole rings is 1. The normalized spacial score (nSPS) is 23.7. The third kappa shape index (κ3) is 2.94. The van der Waals surface area contributed by atoms with E-state index in [0.717, 1.165) is 60.8 Å². The van der Waals surface area contributed by atoms with Crippen LogP contribution in [0.4, 0.5) is 5.69 Å². The molecule has 2 aliphatic heterocycles. The SMILES string of the molecule is COC1(c2nc(-c3ccc4c(c3OC3CCC3)CC[C@H](C)N4)cs2)CNC1. The molecule has 6 heteroatoms. The molecule has 3 heterocycles. The number of rotatable bonds is 5. The van der Waals surface area contributed by atoms with Crippen molar-refractivity contribution >= 4 is 17.0 Å². The summed E-state index contributed by atoms with van der Waals surface area (Å²) in [5, 5.41) is 10.1. The molecule has 0 amide bonds. The lowest BCUT2D eigenvalue weighted by Gasteiger charge is -2.39. The average Bonchev–Trinajstić information content (AvgIpc) is 3.07. The molecule has 1 saturated carbocycles. The number of nitrogens with zero attached hydrogens (tertiary/aromatic N) is 1. The highest BCUT2D eigenvalue weighted by Gasteiger charge is 2.42. The Kier molecular flexibility index (Phi) is 4.37. The van der Waals surface area contributed by atoms with E-state index in [0.29, 0.717) is 12.1 Å². The Labute approximate surface area is 164 Å². The Bertz CT molecular complexity index is 836. The van der Waals surface area contributed by atoms with Crippen molar-refractivity contribution in [3.05, 3.63) is 28.1 Å². The first-order valence-corrected chi connectivity index (χ1v) is 10.9. The van der Waals surface area contributed by atoms with E-state index in [-0.39, 0.29) is 5.60 Å². The molecule has 27 heavy (non-hydrogen) atoms. The van der Waals surface area contributed by atoms with Gasteiger partial charge in [-0.3, -0.25) is 0 Å². The summed E-state index contributed by atoms with van der Waals surface area (Å²) in [5.74, 6) is 1.05. The van der Waals surface area contributed by atoms with Crippen molar-refractivity contribution in [2.24, 2.45) is 0 Å². The molecule has 0 radical (unpaired) electrons. The molecule has 144 valence electrons. The minimum absolute atomic E-state index is 0.261. The number of nitrogens with one attached hydrogen (secondary N) is 2. The Morgan fingerprint density at radius 3 is 2.74 bits per heavy atom. The predicted molar refractivity (Wildman–Crippen MR) is 109 cm³/mol.